The van der Waals surface area contributed by atoms with Gasteiger partial charge in [0.1, 0.15) is 10.8 Å². The van der Waals surface area contributed by atoms with Gasteiger partial charge in [-0.1, -0.05) is 6.58 Å². The molecule has 1 amide bonds. The number of nitrogens with one attached hydrogen (secondary N) is 4. The van der Waals surface area contributed by atoms with Crippen LogP contribution in [0.25, 0.3) is 11.0 Å². The van der Waals surface area contributed by atoms with Crippen molar-refractivity contribution in [3.63, 3.8) is 0 Å². The molecule has 0 spiro atoms. The van der Waals surface area contributed by atoms with Crippen LogP contribution in [0.3, 0.4) is 0 Å². The molecule has 3 aromatic heterocycles. The van der Waals surface area contributed by atoms with Gasteiger partial charge in [-0.3, -0.25) is 15.0 Å². The van der Waals surface area contributed by atoms with Crippen molar-refractivity contribution in [3.05, 3.63) is 24.5 Å². The summed E-state index contributed by atoms with van der Waals surface area (Å²) < 4.78 is 0. The minimum absolute atomic E-state index is 0.0395. The van der Waals surface area contributed by atoms with Crippen LogP contribution in [0.4, 0.5) is 17.5 Å². The standard InChI is InChI=1S/C20H25N9OS/c1-3-14(30)29-8-4-5-12(10-29)22-17-15-18(27-28-19(15)31-2)25-20(24-17)23-13-9-21-26-16(13)11-6-7-11/h3,9,11-12H,1,4-8,10H2,2H3,(H,21,26)(H3,22,23,24,25,27,28)/t12-/m1/s1. The molecule has 0 aromatic carbocycles. The molecule has 4 N–H and O–H groups in total. The van der Waals surface area contributed by atoms with Crippen molar-refractivity contribution in [1.82, 2.24) is 35.3 Å². The normalized spacial score (nSPS) is 18.9. The van der Waals surface area contributed by atoms with Crippen molar-refractivity contribution in [3.8, 4) is 0 Å². The Morgan fingerprint density at radius 3 is 2.97 bits per heavy atom. The fourth-order valence-electron chi connectivity index (χ4n) is 4.02. The van der Waals surface area contributed by atoms with Crippen LogP contribution in [0, 0.1) is 0 Å². The van der Waals surface area contributed by atoms with Gasteiger partial charge in [0, 0.05) is 31.2 Å². The SMILES string of the molecule is C=CC(=O)N1CCC[C@@H](Nc2nc(Nc3c[nH]nc3C3CC3)nc3[nH]nc(SC)c23)C1. The number of aromatic amines is 2. The molecule has 4 heterocycles. The lowest BCUT2D eigenvalue weighted by atomic mass is 10.1. The number of hydrogen-bond donors (Lipinski definition) is 4. The number of likely N-dealkylation sites (tertiary alicyclic amines) is 1. The molecule has 1 aliphatic carbocycles. The van der Waals surface area contributed by atoms with Gasteiger partial charge < -0.3 is 15.5 Å². The summed E-state index contributed by atoms with van der Waals surface area (Å²) in [5.41, 5.74) is 2.59. The van der Waals surface area contributed by atoms with Crippen LogP contribution in [0.5, 0.6) is 0 Å². The summed E-state index contributed by atoms with van der Waals surface area (Å²) in [6.45, 7) is 4.97. The average molecular weight is 440 g/mol. The molecule has 162 valence electrons. The molecule has 1 saturated heterocycles. The Morgan fingerprint density at radius 1 is 1.32 bits per heavy atom. The van der Waals surface area contributed by atoms with E-state index in [0.29, 0.717) is 29.9 Å². The van der Waals surface area contributed by atoms with Gasteiger partial charge in [0.25, 0.3) is 0 Å². The number of nitrogens with zero attached hydrogens (tertiary/aromatic N) is 5. The molecule has 1 aliphatic heterocycles. The summed E-state index contributed by atoms with van der Waals surface area (Å²) >= 11 is 1.54. The molecule has 5 rings (SSSR count). The minimum atomic E-state index is -0.0395. The number of amides is 1. The first kappa shape index (κ1) is 19.9. The van der Waals surface area contributed by atoms with Crippen LogP contribution in [0.1, 0.15) is 37.3 Å². The smallest absolute Gasteiger partial charge is 0.246 e. The zero-order valence-corrected chi connectivity index (χ0v) is 18.1. The molecule has 1 atom stereocenters. The number of carbonyl (C=O) groups excluding carboxylic acids is 1. The maximum absolute atomic E-state index is 12.1. The molecule has 0 unspecified atom stereocenters. The molecule has 31 heavy (non-hydrogen) atoms. The Kier molecular flexibility index (Phi) is 5.26. The maximum atomic E-state index is 12.1. The molecule has 2 fully saturated rings. The number of aromatic nitrogens is 6. The lowest BCUT2D eigenvalue weighted by Crippen LogP contribution is -2.44. The van der Waals surface area contributed by atoms with E-state index in [2.05, 4.69) is 42.6 Å². The van der Waals surface area contributed by atoms with Crippen LogP contribution >= 0.6 is 11.8 Å². The van der Waals surface area contributed by atoms with Gasteiger partial charge in [0.2, 0.25) is 11.9 Å². The number of thioether (sulfide) groups is 1. The zero-order chi connectivity index (χ0) is 21.4. The van der Waals surface area contributed by atoms with E-state index in [9.17, 15) is 4.79 Å². The van der Waals surface area contributed by atoms with Crippen molar-refractivity contribution >= 4 is 46.2 Å². The minimum Gasteiger partial charge on any atom is -0.365 e. The van der Waals surface area contributed by atoms with Gasteiger partial charge in [0.05, 0.1) is 16.8 Å². The molecular formula is C20H25N9OS. The Bertz CT molecular complexity index is 1120. The Balaban J connectivity index is 1.45. The van der Waals surface area contributed by atoms with Gasteiger partial charge in [-0.2, -0.15) is 20.2 Å². The summed E-state index contributed by atoms with van der Waals surface area (Å²) in [6, 6.07) is 0.0872. The second-order valence-electron chi connectivity index (χ2n) is 7.91. The monoisotopic (exact) mass is 439 g/mol. The van der Waals surface area contributed by atoms with E-state index in [0.717, 1.165) is 54.0 Å². The van der Waals surface area contributed by atoms with Gasteiger partial charge in [-0.05, 0) is 38.0 Å². The predicted molar refractivity (Wildman–Crippen MR) is 121 cm³/mol. The summed E-state index contributed by atoms with van der Waals surface area (Å²) in [5.74, 6) is 1.65. The number of piperidine rings is 1. The predicted octanol–water partition coefficient (Wildman–Crippen LogP) is 3.01. The topological polar surface area (TPSA) is 128 Å². The summed E-state index contributed by atoms with van der Waals surface area (Å²) in [4.78, 5) is 23.3. The first-order valence-electron chi connectivity index (χ1n) is 10.4. The van der Waals surface area contributed by atoms with Crippen molar-refractivity contribution in [2.45, 2.75) is 42.7 Å². The number of hydrogen-bond acceptors (Lipinski definition) is 8. The number of H-pyrrole nitrogens is 2. The van der Waals surface area contributed by atoms with Crippen LogP contribution in [0.2, 0.25) is 0 Å². The Labute approximate surface area is 183 Å². The number of carbonyl (C=O) groups is 1. The van der Waals surface area contributed by atoms with E-state index in [1.165, 1.54) is 6.08 Å². The highest BCUT2D eigenvalue weighted by atomic mass is 32.2. The van der Waals surface area contributed by atoms with Crippen molar-refractivity contribution in [2.75, 3.05) is 30.0 Å². The largest absolute Gasteiger partial charge is 0.365 e. The third-order valence-corrected chi connectivity index (χ3v) is 6.39. The fourth-order valence-corrected chi connectivity index (χ4v) is 4.55. The Morgan fingerprint density at radius 2 is 2.19 bits per heavy atom. The molecule has 10 nitrogen and oxygen atoms in total. The number of anilines is 3. The van der Waals surface area contributed by atoms with Crippen LogP contribution < -0.4 is 10.6 Å². The molecule has 3 aromatic rings. The highest BCUT2D eigenvalue weighted by molar-refractivity contribution is 7.98. The van der Waals surface area contributed by atoms with E-state index in [-0.39, 0.29) is 11.9 Å². The van der Waals surface area contributed by atoms with Crippen molar-refractivity contribution in [2.24, 2.45) is 0 Å². The fraction of sp³-hybridized carbons (Fsp3) is 0.450. The molecule has 2 aliphatic rings. The highest BCUT2D eigenvalue weighted by Gasteiger charge is 2.29. The third kappa shape index (κ3) is 3.97. The van der Waals surface area contributed by atoms with Gasteiger partial charge >= 0.3 is 0 Å². The molecule has 1 saturated carbocycles. The van der Waals surface area contributed by atoms with Crippen LogP contribution in [-0.2, 0) is 4.79 Å². The quantitative estimate of drug-likeness (QED) is 0.327. The first-order valence-corrected chi connectivity index (χ1v) is 11.7. The third-order valence-electron chi connectivity index (χ3n) is 5.71. The zero-order valence-electron chi connectivity index (χ0n) is 17.3. The van der Waals surface area contributed by atoms with Gasteiger partial charge in [-0.15, -0.1) is 11.8 Å². The Hall–Kier alpha value is -3.08. The number of fused-ring (bicyclic) bond motifs is 1. The van der Waals surface area contributed by atoms with Crippen LogP contribution in [0.15, 0.2) is 23.9 Å². The van der Waals surface area contributed by atoms with Crippen LogP contribution in [-0.4, -0.2) is 66.6 Å². The van der Waals surface area contributed by atoms with E-state index in [1.807, 2.05) is 17.4 Å². The first-order chi connectivity index (χ1) is 15.2. The van der Waals surface area contributed by atoms with Gasteiger partial charge in [-0.25, -0.2) is 0 Å². The van der Waals surface area contributed by atoms with E-state index < -0.39 is 0 Å². The van der Waals surface area contributed by atoms with E-state index in [1.54, 1.807) is 11.8 Å². The lowest BCUT2D eigenvalue weighted by molar-refractivity contribution is -0.127. The molecular weight excluding hydrogens is 414 g/mol. The second kappa shape index (κ2) is 8.22. The van der Waals surface area contributed by atoms with E-state index in [4.69, 9.17) is 4.98 Å². The number of rotatable bonds is 7. The average Bonchev–Trinajstić information content (AvgIpc) is 3.38. The highest BCUT2D eigenvalue weighted by Crippen LogP contribution is 2.42. The lowest BCUT2D eigenvalue weighted by Gasteiger charge is -2.33. The molecule has 0 radical (unpaired) electrons. The van der Waals surface area contributed by atoms with Crippen molar-refractivity contribution in [1.29, 1.82) is 0 Å². The second-order valence-corrected chi connectivity index (χ2v) is 8.70. The summed E-state index contributed by atoms with van der Waals surface area (Å²) in [7, 11) is 0. The summed E-state index contributed by atoms with van der Waals surface area (Å²) in [5, 5.41) is 23.3. The van der Waals surface area contributed by atoms with E-state index >= 15 is 0 Å². The summed E-state index contributed by atoms with van der Waals surface area (Å²) in [6.07, 6.45) is 9.39. The molecule has 11 heteroatoms. The maximum Gasteiger partial charge on any atom is 0.246 e. The van der Waals surface area contributed by atoms with Gasteiger partial charge in [0.15, 0.2) is 5.65 Å². The van der Waals surface area contributed by atoms with Crippen molar-refractivity contribution < 1.29 is 4.79 Å². The molecule has 0 bridgehead atoms.